The Bertz CT molecular complexity index is 800. The SMILES string of the molecule is N[C@@H]1CCCC12CCN(c1ncc(SCCC(=O)O)c3nccn13)CC2. The summed E-state index contributed by atoms with van der Waals surface area (Å²) in [6, 6.07) is 0.346. The fraction of sp³-hybridized carbons (Fsp3) is 0.611. The number of aromatic nitrogens is 3. The average molecular weight is 375 g/mol. The fourth-order valence-corrected chi connectivity index (χ4v) is 5.31. The number of imidazole rings is 1. The van der Waals surface area contributed by atoms with Crippen molar-refractivity contribution >= 4 is 29.3 Å². The summed E-state index contributed by atoms with van der Waals surface area (Å²) in [5.41, 5.74) is 7.58. The van der Waals surface area contributed by atoms with Crippen LogP contribution in [0.25, 0.3) is 5.65 Å². The van der Waals surface area contributed by atoms with Gasteiger partial charge in [-0.2, -0.15) is 0 Å². The van der Waals surface area contributed by atoms with Gasteiger partial charge in [-0.05, 0) is 31.1 Å². The van der Waals surface area contributed by atoms with Crippen molar-refractivity contribution in [2.75, 3.05) is 23.7 Å². The number of fused-ring (bicyclic) bond motifs is 1. The zero-order valence-corrected chi connectivity index (χ0v) is 15.6. The first-order chi connectivity index (χ1) is 12.6. The summed E-state index contributed by atoms with van der Waals surface area (Å²) in [5, 5.41) is 8.82. The van der Waals surface area contributed by atoms with Crippen LogP contribution in [0.3, 0.4) is 0 Å². The van der Waals surface area contributed by atoms with E-state index < -0.39 is 5.97 Å². The first-order valence-corrected chi connectivity index (χ1v) is 10.2. The molecule has 7 nitrogen and oxygen atoms in total. The number of aliphatic carboxylic acids is 1. The molecule has 1 aliphatic carbocycles. The highest BCUT2D eigenvalue weighted by molar-refractivity contribution is 7.99. The summed E-state index contributed by atoms with van der Waals surface area (Å²) in [4.78, 5) is 23.1. The van der Waals surface area contributed by atoms with E-state index in [2.05, 4.69) is 14.9 Å². The molecule has 140 valence electrons. The van der Waals surface area contributed by atoms with Crippen molar-refractivity contribution in [1.29, 1.82) is 0 Å². The number of anilines is 1. The van der Waals surface area contributed by atoms with Crippen LogP contribution in [0.15, 0.2) is 23.5 Å². The van der Waals surface area contributed by atoms with E-state index in [1.165, 1.54) is 24.6 Å². The normalized spacial score (nSPS) is 22.3. The fourth-order valence-electron chi connectivity index (χ4n) is 4.41. The molecule has 1 aliphatic heterocycles. The zero-order chi connectivity index (χ0) is 18.1. The second-order valence-electron chi connectivity index (χ2n) is 7.38. The molecule has 4 rings (SSSR count). The molecule has 3 N–H and O–H groups in total. The molecule has 8 heteroatoms. The molecule has 0 radical (unpaired) electrons. The van der Waals surface area contributed by atoms with Crippen LogP contribution in [0.1, 0.15) is 38.5 Å². The Morgan fingerprint density at radius 3 is 2.85 bits per heavy atom. The summed E-state index contributed by atoms with van der Waals surface area (Å²) >= 11 is 1.49. The van der Waals surface area contributed by atoms with E-state index in [0.29, 0.717) is 17.2 Å². The summed E-state index contributed by atoms with van der Waals surface area (Å²) in [5.74, 6) is 0.651. The van der Waals surface area contributed by atoms with Gasteiger partial charge in [0.2, 0.25) is 5.95 Å². The van der Waals surface area contributed by atoms with Crippen LogP contribution >= 0.6 is 11.8 Å². The van der Waals surface area contributed by atoms with Gasteiger partial charge < -0.3 is 15.7 Å². The van der Waals surface area contributed by atoms with Crippen LogP contribution in [0.5, 0.6) is 0 Å². The lowest BCUT2D eigenvalue weighted by atomic mass is 9.74. The maximum Gasteiger partial charge on any atom is 0.304 e. The Hall–Kier alpha value is -1.80. The van der Waals surface area contributed by atoms with Crippen molar-refractivity contribution in [3.63, 3.8) is 0 Å². The molecule has 2 aromatic heterocycles. The average Bonchev–Trinajstić information content (AvgIpc) is 3.24. The molecule has 2 fully saturated rings. The Morgan fingerprint density at radius 2 is 2.15 bits per heavy atom. The van der Waals surface area contributed by atoms with Crippen LogP contribution < -0.4 is 10.6 Å². The standard InChI is InChI=1S/C18H25N5O2S/c19-14-2-1-4-18(14)5-8-22(9-6-18)17-21-12-13(26-11-3-15(24)25)16-20-7-10-23(16)17/h7,10,12,14H,1-6,8-9,11,19H2,(H,24,25)/t14-/m1/s1. The summed E-state index contributed by atoms with van der Waals surface area (Å²) in [6.45, 7) is 1.94. The molecule has 1 saturated carbocycles. The van der Waals surface area contributed by atoms with Crippen molar-refractivity contribution in [1.82, 2.24) is 14.4 Å². The van der Waals surface area contributed by atoms with Crippen molar-refractivity contribution in [2.45, 2.75) is 49.5 Å². The van der Waals surface area contributed by atoms with Gasteiger partial charge in [-0.3, -0.25) is 9.20 Å². The molecule has 3 heterocycles. The van der Waals surface area contributed by atoms with E-state index in [0.717, 1.165) is 48.8 Å². The van der Waals surface area contributed by atoms with E-state index >= 15 is 0 Å². The predicted octanol–water partition coefficient (Wildman–Crippen LogP) is 2.39. The van der Waals surface area contributed by atoms with E-state index in [1.807, 2.05) is 16.8 Å². The van der Waals surface area contributed by atoms with Crippen molar-refractivity contribution < 1.29 is 9.90 Å². The third-order valence-corrected chi connectivity index (χ3v) is 6.97. The smallest absolute Gasteiger partial charge is 0.304 e. The molecule has 2 aromatic rings. The monoisotopic (exact) mass is 375 g/mol. The number of carboxylic acid groups (broad SMARTS) is 1. The van der Waals surface area contributed by atoms with Gasteiger partial charge in [0.25, 0.3) is 0 Å². The molecule has 26 heavy (non-hydrogen) atoms. The zero-order valence-electron chi connectivity index (χ0n) is 14.8. The first kappa shape index (κ1) is 17.6. The highest BCUT2D eigenvalue weighted by Gasteiger charge is 2.43. The lowest BCUT2D eigenvalue weighted by molar-refractivity contribution is -0.136. The molecular weight excluding hydrogens is 350 g/mol. The molecule has 1 saturated heterocycles. The Balaban J connectivity index is 1.51. The van der Waals surface area contributed by atoms with Gasteiger partial charge in [0.1, 0.15) is 0 Å². The number of carbonyl (C=O) groups is 1. The number of nitrogens with two attached hydrogens (primary N) is 1. The summed E-state index contributed by atoms with van der Waals surface area (Å²) in [7, 11) is 0. The molecule has 1 spiro atoms. The largest absolute Gasteiger partial charge is 0.481 e. The van der Waals surface area contributed by atoms with Crippen LogP contribution in [-0.2, 0) is 4.79 Å². The third-order valence-electron chi connectivity index (χ3n) is 5.97. The Morgan fingerprint density at radius 1 is 1.35 bits per heavy atom. The second kappa shape index (κ2) is 7.08. The maximum absolute atomic E-state index is 10.7. The van der Waals surface area contributed by atoms with E-state index in [9.17, 15) is 4.79 Å². The maximum atomic E-state index is 10.7. The van der Waals surface area contributed by atoms with Crippen molar-refractivity contribution in [3.05, 3.63) is 18.6 Å². The minimum atomic E-state index is -0.784. The van der Waals surface area contributed by atoms with Crippen LogP contribution in [0, 0.1) is 5.41 Å². The second-order valence-corrected chi connectivity index (χ2v) is 8.52. The molecule has 0 unspecified atom stereocenters. The lowest BCUT2D eigenvalue weighted by Crippen LogP contribution is -2.47. The Labute approximate surface area is 157 Å². The van der Waals surface area contributed by atoms with Gasteiger partial charge in [-0.15, -0.1) is 11.8 Å². The number of hydrogen-bond donors (Lipinski definition) is 2. The third kappa shape index (κ3) is 3.16. The Kier molecular flexibility index (Phi) is 4.79. The number of thioether (sulfide) groups is 1. The van der Waals surface area contributed by atoms with Gasteiger partial charge >= 0.3 is 5.97 Å². The highest BCUT2D eigenvalue weighted by atomic mass is 32.2. The van der Waals surface area contributed by atoms with Crippen LogP contribution in [-0.4, -0.2) is 50.3 Å². The van der Waals surface area contributed by atoms with Gasteiger partial charge in [0, 0.05) is 43.5 Å². The molecule has 0 aromatic carbocycles. The summed E-state index contributed by atoms with van der Waals surface area (Å²) < 4.78 is 2.02. The number of piperidine rings is 1. The molecule has 1 atom stereocenters. The number of carboxylic acids is 1. The summed E-state index contributed by atoms with van der Waals surface area (Å²) in [6.07, 6.45) is 11.6. The van der Waals surface area contributed by atoms with E-state index in [-0.39, 0.29) is 6.42 Å². The number of nitrogens with zero attached hydrogens (tertiary/aromatic N) is 4. The number of hydrogen-bond acceptors (Lipinski definition) is 6. The molecule has 0 amide bonds. The quantitative estimate of drug-likeness (QED) is 0.775. The van der Waals surface area contributed by atoms with Crippen molar-refractivity contribution in [3.8, 4) is 0 Å². The lowest BCUT2D eigenvalue weighted by Gasteiger charge is -2.42. The first-order valence-electron chi connectivity index (χ1n) is 9.26. The highest BCUT2D eigenvalue weighted by Crippen LogP contribution is 2.45. The minimum absolute atomic E-state index is 0.133. The van der Waals surface area contributed by atoms with Gasteiger partial charge in [0.05, 0.1) is 11.3 Å². The van der Waals surface area contributed by atoms with E-state index in [1.54, 1.807) is 6.20 Å². The minimum Gasteiger partial charge on any atom is -0.481 e. The van der Waals surface area contributed by atoms with E-state index in [4.69, 9.17) is 10.8 Å². The topological polar surface area (TPSA) is 96.8 Å². The van der Waals surface area contributed by atoms with Crippen molar-refractivity contribution in [2.24, 2.45) is 11.1 Å². The molecule has 0 bridgehead atoms. The van der Waals surface area contributed by atoms with Crippen LogP contribution in [0.2, 0.25) is 0 Å². The number of rotatable bonds is 5. The molecule has 2 aliphatic rings. The van der Waals surface area contributed by atoms with Gasteiger partial charge in [-0.1, -0.05) is 6.42 Å². The predicted molar refractivity (Wildman–Crippen MR) is 102 cm³/mol. The van der Waals surface area contributed by atoms with Gasteiger partial charge in [-0.25, -0.2) is 9.97 Å². The molecular formula is C18H25N5O2S. The van der Waals surface area contributed by atoms with Gasteiger partial charge in [0.15, 0.2) is 5.65 Å². The van der Waals surface area contributed by atoms with Crippen LogP contribution in [0.4, 0.5) is 5.95 Å².